The Hall–Kier alpha value is -3.78. The van der Waals surface area contributed by atoms with Crippen LogP contribution in [-0.4, -0.2) is 9.52 Å². The predicted octanol–water partition coefficient (Wildman–Crippen LogP) is 19.6. The Morgan fingerprint density at radius 2 is 0.886 bits per heavy atom. The molecule has 2 radical (unpaired) electrons. The summed E-state index contributed by atoms with van der Waals surface area (Å²) in [5, 5.41) is 8.46. The minimum atomic E-state index is -0.826. The maximum Gasteiger partial charge on any atom is 0.0920 e. The van der Waals surface area contributed by atoms with Crippen molar-refractivity contribution in [2.24, 2.45) is 0 Å². The van der Waals surface area contributed by atoms with Gasteiger partial charge in [-0.3, -0.25) is 0 Å². The fourth-order valence-corrected chi connectivity index (χ4v) is 11.2. The zero-order valence-electron chi connectivity index (χ0n) is 44.7. The summed E-state index contributed by atoms with van der Waals surface area (Å²) in [5.74, 6) is 3.19. The first-order valence-electron chi connectivity index (χ1n) is 26.1. The van der Waals surface area contributed by atoms with Crippen molar-refractivity contribution in [1.82, 2.24) is 0 Å². The van der Waals surface area contributed by atoms with Crippen molar-refractivity contribution in [3.05, 3.63) is 178 Å². The summed E-state index contributed by atoms with van der Waals surface area (Å²) in [7, 11) is 10.7. The molecule has 0 saturated heterocycles. The molecule has 8 aromatic carbocycles. The minimum absolute atomic E-state index is 0.513. The molecule has 70 heavy (non-hydrogen) atoms. The quantitative estimate of drug-likeness (QED) is 0.0845. The second kappa shape index (κ2) is 25.7. The van der Waals surface area contributed by atoms with Crippen LogP contribution >= 0.6 is 17.0 Å². The van der Waals surface area contributed by atoms with Crippen molar-refractivity contribution >= 4 is 58.5 Å². The molecule has 1 aliphatic heterocycles. The molecular weight excluding hydrogens is 983 g/mol. The van der Waals surface area contributed by atoms with Crippen molar-refractivity contribution in [3.63, 3.8) is 0 Å². The van der Waals surface area contributed by atoms with E-state index in [4.69, 9.17) is 17.0 Å². The first-order valence-corrected chi connectivity index (χ1v) is 33.4. The van der Waals surface area contributed by atoms with Gasteiger partial charge in [0.15, 0.2) is 0 Å². The molecule has 0 N–H and O–H groups in total. The standard InChI is InChI=1S/2C27H35.C12H7Si.2ClH.Zr/c2*1-8-9-20-12-21-10-11-25(19(6)7)27(26(21)13-20)24-15-22(17(2)3)14-23(16-24)18(4)5;1-3-7-11-9(5-1)10-6-2-4-8-12(10)13-11;;;/h2*10-19H,8-9H2,1-7H3;1-7H;2*1H;/q3*-1;;;+2/p-2. The summed E-state index contributed by atoms with van der Waals surface area (Å²) in [4.78, 5) is 0. The fourth-order valence-electron chi connectivity index (χ4n) is 9.90. The largest absolute Gasteiger partial charge is 0.184 e. The van der Waals surface area contributed by atoms with Crippen LogP contribution in [0.4, 0.5) is 0 Å². The Morgan fingerprint density at radius 3 is 1.27 bits per heavy atom. The number of halogens is 2. The van der Waals surface area contributed by atoms with Crippen LogP contribution in [0.1, 0.15) is 190 Å². The number of rotatable bonds is 12. The van der Waals surface area contributed by atoms with Gasteiger partial charge in [-0.05, 0) is 81.7 Å². The smallest absolute Gasteiger partial charge is 0.0920 e. The van der Waals surface area contributed by atoms with E-state index in [2.05, 4.69) is 224 Å². The van der Waals surface area contributed by atoms with E-state index in [0.717, 1.165) is 22.4 Å². The van der Waals surface area contributed by atoms with Crippen molar-refractivity contribution in [2.45, 2.75) is 158 Å². The van der Waals surface area contributed by atoms with Crippen LogP contribution in [0, 0.1) is 6.07 Å². The fraction of sp³-hybridized carbons (Fsp3) is 0.364. The van der Waals surface area contributed by atoms with Gasteiger partial charge in [0, 0.05) is 0 Å². The zero-order valence-corrected chi connectivity index (χ0v) is 49.6. The van der Waals surface area contributed by atoms with Crippen molar-refractivity contribution in [1.29, 1.82) is 0 Å². The van der Waals surface area contributed by atoms with Crippen LogP contribution in [0.5, 0.6) is 0 Å². The molecule has 4 heteroatoms. The van der Waals surface area contributed by atoms with Gasteiger partial charge in [0.2, 0.25) is 0 Å². The molecule has 0 bridgehead atoms. The molecule has 1 heterocycles. The average molecular weight is 1060 g/mol. The van der Waals surface area contributed by atoms with E-state index < -0.39 is 20.8 Å². The Balaban J connectivity index is 0.000000176. The van der Waals surface area contributed by atoms with Gasteiger partial charge < -0.3 is 0 Å². The topological polar surface area (TPSA) is 0 Å². The number of benzene rings is 6. The average Bonchev–Trinajstić information content (AvgIpc) is 4.06. The monoisotopic (exact) mass is 1060 g/mol. The van der Waals surface area contributed by atoms with Gasteiger partial charge in [0.1, 0.15) is 0 Å². The second-order valence-corrected chi connectivity index (χ2v) is 26.2. The van der Waals surface area contributed by atoms with E-state index >= 15 is 0 Å². The predicted molar refractivity (Wildman–Crippen MR) is 310 cm³/mol. The third-order valence-corrected chi connectivity index (χ3v) is 15.2. The van der Waals surface area contributed by atoms with Crippen LogP contribution < -0.4 is 10.4 Å². The molecule has 0 unspecified atom stereocenters. The summed E-state index contributed by atoms with van der Waals surface area (Å²) in [5.41, 5.74) is 20.1. The number of hydrogen-bond donors (Lipinski definition) is 0. The normalized spacial score (nSPS) is 11.8. The van der Waals surface area contributed by atoms with Crippen LogP contribution in [0.15, 0.2) is 127 Å². The van der Waals surface area contributed by atoms with E-state index in [-0.39, 0.29) is 0 Å². The Labute approximate surface area is 445 Å². The van der Waals surface area contributed by atoms with Gasteiger partial charge in [0.05, 0.1) is 9.52 Å². The maximum absolute atomic E-state index is 4.93. The molecule has 0 saturated carbocycles. The van der Waals surface area contributed by atoms with E-state index in [1.807, 2.05) is 6.07 Å². The molecule has 366 valence electrons. The third kappa shape index (κ3) is 13.4. The van der Waals surface area contributed by atoms with E-state index in [1.165, 1.54) is 123 Å². The molecule has 0 nitrogen and oxygen atoms in total. The van der Waals surface area contributed by atoms with E-state index in [0.29, 0.717) is 35.5 Å². The van der Waals surface area contributed by atoms with Gasteiger partial charge in [-0.15, -0.1) is 74.6 Å². The third-order valence-electron chi connectivity index (χ3n) is 13.8. The summed E-state index contributed by atoms with van der Waals surface area (Å²) in [6.45, 7) is 32.2. The molecule has 8 aromatic rings. The first-order chi connectivity index (χ1) is 33.5. The number of hydrogen-bond acceptors (Lipinski definition) is 0. The van der Waals surface area contributed by atoms with E-state index in [9.17, 15) is 0 Å². The molecule has 0 amide bonds. The zero-order chi connectivity index (χ0) is 50.8. The van der Waals surface area contributed by atoms with Gasteiger partial charge in [-0.2, -0.15) is 41.6 Å². The van der Waals surface area contributed by atoms with Gasteiger partial charge >= 0.3 is 37.9 Å². The molecule has 0 fully saturated rings. The van der Waals surface area contributed by atoms with Crippen molar-refractivity contribution < 1.29 is 20.8 Å². The summed E-state index contributed by atoms with van der Waals surface area (Å²) in [6.07, 6.45) is 4.72. The Bertz CT molecular complexity index is 2700. The maximum atomic E-state index is 4.93. The SMILES string of the molecule is CCCc1cc2c(-c3cc(C(C)C)cc(C(C)C)c3)c(C(C)C)ccc2[cH-]1.CCCc1cc2c(-c3cc(C(C)C)cc(C(C)C)c3)c(C(C)C)ccc2[cH-]1.[Cl][Zr][Cl].[c-]1cccc2c1[Si]c1ccccc1-2. The summed E-state index contributed by atoms with van der Waals surface area (Å²) in [6, 6.07) is 51.7. The summed E-state index contributed by atoms with van der Waals surface area (Å²) >= 11 is -0.826. The van der Waals surface area contributed by atoms with Gasteiger partial charge in [0.25, 0.3) is 0 Å². The summed E-state index contributed by atoms with van der Waals surface area (Å²) < 4.78 is 0. The first kappa shape index (κ1) is 55.5. The molecule has 1 aliphatic rings. The van der Waals surface area contributed by atoms with Crippen molar-refractivity contribution in [2.75, 3.05) is 0 Å². The molecule has 0 aliphatic carbocycles. The molecule has 9 rings (SSSR count). The second-order valence-electron chi connectivity index (χ2n) is 21.2. The number of aryl methyl sites for hydroxylation is 2. The van der Waals surface area contributed by atoms with Crippen LogP contribution in [0.3, 0.4) is 0 Å². The van der Waals surface area contributed by atoms with Gasteiger partial charge in [-0.25, -0.2) is 0 Å². The van der Waals surface area contributed by atoms with Crippen LogP contribution in [0.2, 0.25) is 0 Å². The Morgan fingerprint density at radius 1 is 0.486 bits per heavy atom. The molecule has 0 aromatic heterocycles. The van der Waals surface area contributed by atoms with Gasteiger partial charge in [-0.1, -0.05) is 203 Å². The van der Waals surface area contributed by atoms with Crippen molar-refractivity contribution in [3.8, 4) is 33.4 Å². The number of fused-ring (bicyclic) bond motifs is 5. The molecule has 0 atom stereocenters. The van der Waals surface area contributed by atoms with Crippen LogP contribution in [-0.2, 0) is 33.7 Å². The Kier molecular flexibility index (Phi) is 20.4. The molecular formula is C66H77Cl2SiZr-3. The van der Waals surface area contributed by atoms with Crippen LogP contribution in [0.25, 0.3) is 54.9 Å². The van der Waals surface area contributed by atoms with E-state index in [1.54, 1.807) is 0 Å². The molecule has 0 spiro atoms. The minimum Gasteiger partial charge on any atom is -0.184 e.